The highest BCUT2D eigenvalue weighted by molar-refractivity contribution is 5.81. The highest BCUT2D eigenvalue weighted by atomic mass is 16.2. The van der Waals surface area contributed by atoms with Crippen LogP contribution in [-0.4, -0.2) is 11.9 Å². The van der Waals surface area contributed by atoms with Gasteiger partial charge in [-0.1, -0.05) is 6.42 Å². The van der Waals surface area contributed by atoms with Gasteiger partial charge < -0.3 is 5.32 Å². The lowest BCUT2D eigenvalue weighted by atomic mass is 9.90. The number of amides is 1. The first kappa shape index (κ1) is 5.27. The topological polar surface area (TPSA) is 29.1 Å². The van der Waals surface area contributed by atoms with Gasteiger partial charge in [-0.05, 0) is 19.3 Å². The van der Waals surface area contributed by atoms with E-state index in [4.69, 9.17) is 0 Å². The van der Waals surface area contributed by atoms with Crippen molar-refractivity contribution in [3.8, 4) is 0 Å². The zero-order valence-corrected chi connectivity index (χ0v) is 5.39. The van der Waals surface area contributed by atoms with E-state index in [0.717, 1.165) is 12.8 Å². The molecule has 50 valence electrons. The largest absolute Gasteiger partial charge is 0.353 e. The molecule has 1 amide bonds. The molecule has 0 radical (unpaired) electrons. The first-order valence-corrected chi connectivity index (χ1v) is 3.66. The van der Waals surface area contributed by atoms with Crippen molar-refractivity contribution in [1.29, 1.82) is 0 Å². The van der Waals surface area contributed by atoms with Crippen LogP contribution in [0.15, 0.2) is 0 Å². The summed E-state index contributed by atoms with van der Waals surface area (Å²) in [6.45, 7) is 0. The zero-order valence-electron chi connectivity index (χ0n) is 5.39. The molecule has 1 N–H and O–H groups in total. The molecule has 1 aliphatic carbocycles. The molecule has 2 nitrogen and oxygen atoms in total. The molecule has 0 aromatic rings. The van der Waals surface area contributed by atoms with Crippen molar-refractivity contribution in [2.75, 3.05) is 0 Å². The van der Waals surface area contributed by atoms with Gasteiger partial charge in [0.2, 0.25) is 5.91 Å². The van der Waals surface area contributed by atoms with Gasteiger partial charge in [-0.15, -0.1) is 0 Å². The second-order valence-electron chi connectivity index (χ2n) is 3.07. The number of carbonyl (C=O) groups is 1. The molecule has 2 bridgehead atoms. The molecule has 1 saturated heterocycles. The Bertz CT molecular complexity index is 144. The lowest BCUT2D eigenvalue weighted by Crippen LogP contribution is -2.24. The first-order valence-electron chi connectivity index (χ1n) is 3.66. The zero-order chi connectivity index (χ0) is 6.27. The quantitative estimate of drug-likeness (QED) is 0.506. The molecule has 2 aliphatic rings. The van der Waals surface area contributed by atoms with Gasteiger partial charge in [0.25, 0.3) is 0 Å². The van der Waals surface area contributed by atoms with E-state index in [1.165, 1.54) is 12.8 Å². The van der Waals surface area contributed by atoms with Gasteiger partial charge in [0, 0.05) is 12.0 Å². The van der Waals surface area contributed by atoms with E-state index < -0.39 is 0 Å². The molecule has 1 aliphatic heterocycles. The summed E-state index contributed by atoms with van der Waals surface area (Å²) in [5, 5.41) is 2.98. The molecular formula is C7H11NO. The fourth-order valence-electron chi connectivity index (χ4n) is 1.88. The molecule has 9 heavy (non-hydrogen) atoms. The summed E-state index contributed by atoms with van der Waals surface area (Å²) in [6.07, 6.45) is 4.69. The summed E-state index contributed by atoms with van der Waals surface area (Å²) in [5.74, 6) is 0.682. The SMILES string of the molecule is O=C1N[C@@H]2CCC[C@@H]1C2. The highest BCUT2D eigenvalue weighted by Crippen LogP contribution is 2.29. The van der Waals surface area contributed by atoms with Crippen LogP contribution in [0.3, 0.4) is 0 Å². The molecule has 2 rings (SSSR count). The molecule has 2 atom stereocenters. The summed E-state index contributed by atoms with van der Waals surface area (Å²) in [6, 6.07) is 0.538. The lowest BCUT2D eigenvalue weighted by Gasteiger charge is -2.14. The maximum atomic E-state index is 10.9. The van der Waals surface area contributed by atoms with Crippen LogP contribution >= 0.6 is 0 Å². The number of rotatable bonds is 0. The smallest absolute Gasteiger partial charge is 0.223 e. The van der Waals surface area contributed by atoms with Crippen molar-refractivity contribution in [3.63, 3.8) is 0 Å². The third-order valence-electron chi connectivity index (χ3n) is 2.39. The number of carbonyl (C=O) groups excluding carboxylic acids is 1. The molecule has 1 saturated carbocycles. The van der Waals surface area contributed by atoms with Crippen LogP contribution in [0, 0.1) is 5.92 Å². The number of nitrogens with one attached hydrogen (secondary N) is 1. The van der Waals surface area contributed by atoms with Crippen molar-refractivity contribution >= 4 is 5.91 Å². The number of hydrogen-bond donors (Lipinski definition) is 1. The van der Waals surface area contributed by atoms with Gasteiger partial charge in [0.15, 0.2) is 0 Å². The summed E-state index contributed by atoms with van der Waals surface area (Å²) < 4.78 is 0. The monoisotopic (exact) mass is 125 g/mol. The van der Waals surface area contributed by atoms with Crippen molar-refractivity contribution in [1.82, 2.24) is 5.32 Å². The van der Waals surface area contributed by atoms with Gasteiger partial charge >= 0.3 is 0 Å². The van der Waals surface area contributed by atoms with E-state index in [2.05, 4.69) is 5.32 Å². The van der Waals surface area contributed by atoms with Gasteiger partial charge in [0.1, 0.15) is 0 Å². The molecule has 0 unspecified atom stereocenters. The second kappa shape index (κ2) is 1.72. The Morgan fingerprint density at radius 1 is 1.44 bits per heavy atom. The van der Waals surface area contributed by atoms with Crippen LogP contribution in [0.25, 0.3) is 0 Å². The predicted molar refractivity (Wildman–Crippen MR) is 33.9 cm³/mol. The fourth-order valence-corrected chi connectivity index (χ4v) is 1.88. The summed E-state index contributed by atoms with van der Waals surface area (Å²) >= 11 is 0. The highest BCUT2D eigenvalue weighted by Gasteiger charge is 2.34. The van der Waals surface area contributed by atoms with E-state index in [1.807, 2.05) is 0 Å². The Kier molecular flexibility index (Phi) is 1.01. The minimum atomic E-state index is 0.303. The average molecular weight is 125 g/mol. The minimum absolute atomic E-state index is 0.303. The normalized spacial score (nSPS) is 40.7. The van der Waals surface area contributed by atoms with Crippen LogP contribution in [-0.2, 0) is 4.79 Å². The van der Waals surface area contributed by atoms with Gasteiger partial charge in [0.05, 0.1) is 0 Å². The Labute approximate surface area is 54.6 Å². The Morgan fingerprint density at radius 3 is 3.00 bits per heavy atom. The van der Waals surface area contributed by atoms with Crippen molar-refractivity contribution in [2.45, 2.75) is 31.7 Å². The van der Waals surface area contributed by atoms with Gasteiger partial charge in [-0.25, -0.2) is 0 Å². The summed E-state index contributed by atoms with van der Waals surface area (Å²) in [5.41, 5.74) is 0. The molecule has 2 heteroatoms. The van der Waals surface area contributed by atoms with Gasteiger partial charge in [-0.3, -0.25) is 4.79 Å². The third-order valence-corrected chi connectivity index (χ3v) is 2.39. The van der Waals surface area contributed by atoms with Crippen molar-refractivity contribution < 1.29 is 4.79 Å². The third kappa shape index (κ3) is 0.732. The molecular weight excluding hydrogens is 114 g/mol. The maximum Gasteiger partial charge on any atom is 0.223 e. The van der Waals surface area contributed by atoms with Crippen molar-refractivity contribution in [3.05, 3.63) is 0 Å². The van der Waals surface area contributed by atoms with Gasteiger partial charge in [-0.2, -0.15) is 0 Å². The molecule has 0 spiro atoms. The van der Waals surface area contributed by atoms with Crippen molar-refractivity contribution in [2.24, 2.45) is 5.92 Å². The lowest BCUT2D eigenvalue weighted by molar-refractivity contribution is -0.122. The van der Waals surface area contributed by atoms with Crippen LogP contribution in [0.4, 0.5) is 0 Å². The fraction of sp³-hybridized carbons (Fsp3) is 0.857. The van der Waals surface area contributed by atoms with E-state index in [-0.39, 0.29) is 0 Å². The van der Waals surface area contributed by atoms with E-state index in [0.29, 0.717) is 17.9 Å². The predicted octanol–water partition coefficient (Wildman–Crippen LogP) is 0.675. The Morgan fingerprint density at radius 2 is 2.33 bits per heavy atom. The molecule has 2 fully saturated rings. The standard InChI is InChI=1S/C7H11NO/c9-7-5-2-1-3-6(4-5)8-7/h5-6H,1-4H2,(H,8,9)/t5-,6-/m1/s1. The van der Waals surface area contributed by atoms with Crippen LogP contribution in [0.1, 0.15) is 25.7 Å². The average Bonchev–Trinajstić information content (AvgIpc) is 2.09. The number of hydrogen-bond acceptors (Lipinski definition) is 1. The Hall–Kier alpha value is -0.530. The van der Waals surface area contributed by atoms with E-state index >= 15 is 0 Å². The molecule has 1 heterocycles. The van der Waals surface area contributed by atoms with E-state index in [1.54, 1.807) is 0 Å². The first-order chi connectivity index (χ1) is 4.36. The minimum Gasteiger partial charge on any atom is -0.353 e. The summed E-state index contributed by atoms with van der Waals surface area (Å²) in [4.78, 5) is 10.9. The molecule has 0 aromatic heterocycles. The van der Waals surface area contributed by atoms with Crippen LogP contribution in [0.5, 0.6) is 0 Å². The van der Waals surface area contributed by atoms with E-state index in [9.17, 15) is 4.79 Å². The Balaban J connectivity index is 2.15. The molecule has 0 aromatic carbocycles. The van der Waals surface area contributed by atoms with Crippen LogP contribution in [0.2, 0.25) is 0 Å². The summed E-state index contributed by atoms with van der Waals surface area (Å²) in [7, 11) is 0. The van der Waals surface area contributed by atoms with Crippen LogP contribution < -0.4 is 5.32 Å². The maximum absolute atomic E-state index is 10.9. The number of fused-ring (bicyclic) bond motifs is 2. The second-order valence-corrected chi connectivity index (χ2v) is 3.07.